The van der Waals surface area contributed by atoms with Crippen LogP contribution in [-0.2, 0) is 0 Å². The van der Waals surface area contributed by atoms with Crippen LogP contribution in [0.25, 0.3) is 0 Å². The molecule has 1 fully saturated rings. The first-order valence-corrected chi connectivity index (χ1v) is 7.14. The van der Waals surface area contributed by atoms with Gasteiger partial charge in [0, 0.05) is 36.3 Å². The SMILES string of the molecule is O=C(N[C@H]1[C@H](O)[C@H](O)C[C@@H]1c1cccnc1)c1ccncc1. The topological polar surface area (TPSA) is 95.3 Å². The van der Waals surface area contributed by atoms with E-state index in [-0.39, 0.29) is 11.8 Å². The number of amides is 1. The van der Waals surface area contributed by atoms with E-state index in [4.69, 9.17) is 0 Å². The second kappa shape index (κ2) is 6.21. The third kappa shape index (κ3) is 2.84. The van der Waals surface area contributed by atoms with Crippen LogP contribution in [0.15, 0.2) is 49.1 Å². The van der Waals surface area contributed by atoms with E-state index in [0.29, 0.717) is 12.0 Å². The molecule has 4 atom stereocenters. The first-order chi connectivity index (χ1) is 10.7. The highest BCUT2D eigenvalue weighted by Gasteiger charge is 2.43. The molecule has 2 aromatic heterocycles. The van der Waals surface area contributed by atoms with Crippen molar-refractivity contribution in [3.8, 4) is 0 Å². The first-order valence-electron chi connectivity index (χ1n) is 7.14. The molecule has 1 amide bonds. The normalized spacial score (nSPS) is 27.5. The fraction of sp³-hybridized carbons (Fsp3) is 0.312. The minimum absolute atomic E-state index is 0.176. The van der Waals surface area contributed by atoms with Crippen LogP contribution in [-0.4, -0.2) is 44.3 Å². The van der Waals surface area contributed by atoms with Gasteiger partial charge in [0.15, 0.2) is 0 Å². The van der Waals surface area contributed by atoms with Crippen LogP contribution in [0.4, 0.5) is 0 Å². The molecule has 2 aromatic rings. The lowest BCUT2D eigenvalue weighted by Gasteiger charge is -2.23. The predicted octanol–water partition coefficient (Wildman–Crippen LogP) is 0.484. The van der Waals surface area contributed by atoms with Crippen molar-refractivity contribution in [2.24, 2.45) is 0 Å². The number of hydrogen-bond donors (Lipinski definition) is 3. The molecule has 1 aliphatic carbocycles. The molecule has 0 saturated heterocycles. The molecule has 6 nitrogen and oxygen atoms in total. The molecule has 0 unspecified atom stereocenters. The molecule has 3 rings (SSSR count). The van der Waals surface area contributed by atoms with Crippen molar-refractivity contribution < 1.29 is 15.0 Å². The van der Waals surface area contributed by atoms with E-state index in [1.807, 2.05) is 6.07 Å². The summed E-state index contributed by atoms with van der Waals surface area (Å²) in [5, 5.41) is 23.0. The highest BCUT2D eigenvalue weighted by molar-refractivity contribution is 5.94. The lowest BCUT2D eigenvalue weighted by atomic mass is 9.94. The summed E-state index contributed by atoms with van der Waals surface area (Å²) in [6.45, 7) is 0. The largest absolute Gasteiger partial charge is 0.390 e. The highest BCUT2D eigenvalue weighted by atomic mass is 16.3. The van der Waals surface area contributed by atoms with Gasteiger partial charge in [-0.05, 0) is 30.2 Å². The number of aliphatic hydroxyl groups is 2. The van der Waals surface area contributed by atoms with Crippen molar-refractivity contribution in [2.75, 3.05) is 0 Å². The molecule has 0 spiro atoms. The number of aliphatic hydroxyl groups excluding tert-OH is 2. The Labute approximate surface area is 127 Å². The van der Waals surface area contributed by atoms with Gasteiger partial charge in [-0.2, -0.15) is 0 Å². The lowest BCUT2D eigenvalue weighted by Crippen LogP contribution is -2.45. The molecule has 2 heterocycles. The Kier molecular flexibility index (Phi) is 4.13. The number of hydrogen-bond acceptors (Lipinski definition) is 5. The summed E-state index contributed by atoms with van der Waals surface area (Å²) in [7, 11) is 0. The summed E-state index contributed by atoms with van der Waals surface area (Å²) < 4.78 is 0. The zero-order chi connectivity index (χ0) is 15.5. The van der Waals surface area contributed by atoms with Crippen LogP contribution in [0.2, 0.25) is 0 Å². The van der Waals surface area contributed by atoms with E-state index in [2.05, 4.69) is 15.3 Å². The minimum Gasteiger partial charge on any atom is -0.390 e. The van der Waals surface area contributed by atoms with Crippen LogP contribution >= 0.6 is 0 Å². The summed E-state index contributed by atoms with van der Waals surface area (Å²) in [5.74, 6) is -0.473. The van der Waals surface area contributed by atoms with Crippen LogP contribution in [0.1, 0.15) is 28.3 Å². The zero-order valence-corrected chi connectivity index (χ0v) is 11.8. The van der Waals surface area contributed by atoms with E-state index < -0.39 is 18.2 Å². The Bertz CT molecular complexity index is 636. The van der Waals surface area contributed by atoms with Gasteiger partial charge in [0.1, 0.15) is 6.10 Å². The molecular weight excluding hydrogens is 282 g/mol. The second-order valence-electron chi connectivity index (χ2n) is 5.42. The minimum atomic E-state index is -1.00. The quantitative estimate of drug-likeness (QED) is 0.766. The third-order valence-electron chi connectivity index (χ3n) is 4.04. The van der Waals surface area contributed by atoms with E-state index in [9.17, 15) is 15.0 Å². The predicted molar refractivity (Wildman–Crippen MR) is 79.1 cm³/mol. The van der Waals surface area contributed by atoms with Gasteiger partial charge >= 0.3 is 0 Å². The first kappa shape index (κ1) is 14.6. The Balaban J connectivity index is 1.82. The number of carbonyl (C=O) groups is 1. The number of pyridine rings is 2. The Morgan fingerprint density at radius 3 is 2.59 bits per heavy atom. The second-order valence-corrected chi connectivity index (χ2v) is 5.42. The average Bonchev–Trinajstić information content (AvgIpc) is 2.85. The number of carbonyl (C=O) groups excluding carboxylic acids is 1. The molecule has 0 radical (unpaired) electrons. The molecule has 3 N–H and O–H groups in total. The molecule has 1 aliphatic rings. The van der Waals surface area contributed by atoms with Gasteiger partial charge in [0.25, 0.3) is 5.91 Å². The van der Waals surface area contributed by atoms with Crippen LogP contribution in [0.5, 0.6) is 0 Å². The van der Waals surface area contributed by atoms with Crippen molar-refractivity contribution in [1.82, 2.24) is 15.3 Å². The highest BCUT2D eigenvalue weighted by Crippen LogP contribution is 2.35. The zero-order valence-electron chi connectivity index (χ0n) is 11.8. The molecule has 0 bridgehead atoms. The van der Waals surface area contributed by atoms with Crippen molar-refractivity contribution in [2.45, 2.75) is 30.6 Å². The molecule has 1 saturated carbocycles. The molecule has 22 heavy (non-hydrogen) atoms. The van der Waals surface area contributed by atoms with Crippen LogP contribution in [0.3, 0.4) is 0 Å². The van der Waals surface area contributed by atoms with Gasteiger partial charge in [-0.15, -0.1) is 0 Å². The molecule has 0 aliphatic heterocycles. The van der Waals surface area contributed by atoms with Crippen molar-refractivity contribution >= 4 is 5.91 Å². The summed E-state index contributed by atoms with van der Waals surface area (Å²) in [6, 6.07) is 6.33. The standard InChI is InChI=1S/C16H17N3O3/c20-13-8-12(11-2-1-5-18-9-11)14(15(13)21)19-16(22)10-3-6-17-7-4-10/h1-7,9,12-15,20-21H,8H2,(H,19,22)/t12-,13-,14-,15-/m1/s1. The average molecular weight is 299 g/mol. The van der Waals surface area contributed by atoms with Gasteiger partial charge in [-0.1, -0.05) is 6.07 Å². The van der Waals surface area contributed by atoms with E-state index in [0.717, 1.165) is 5.56 Å². The maximum Gasteiger partial charge on any atom is 0.251 e. The van der Waals surface area contributed by atoms with Gasteiger partial charge < -0.3 is 15.5 Å². The summed E-state index contributed by atoms with van der Waals surface area (Å²) >= 11 is 0. The van der Waals surface area contributed by atoms with E-state index >= 15 is 0 Å². The number of nitrogens with zero attached hydrogens (tertiary/aromatic N) is 2. The summed E-state index contributed by atoms with van der Waals surface area (Å²) in [6.07, 6.45) is 4.94. The fourth-order valence-corrected chi connectivity index (χ4v) is 2.89. The van der Waals surface area contributed by atoms with Crippen molar-refractivity contribution in [1.29, 1.82) is 0 Å². The van der Waals surface area contributed by atoms with Gasteiger partial charge in [-0.25, -0.2) is 0 Å². The molecule has 114 valence electrons. The molecular formula is C16H17N3O3. The molecule has 6 heteroatoms. The maximum absolute atomic E-state index is 12.3. The van der Waals surface area contributed by atoms with Crippen LogP contribution < -0.4 is 5.32 Å². The fourth-order valence-electron chi connectivity index (χ4n) is 2.89. The van der Waals surface area contributed by atoms with E-state index in [1.165, 1.54) is 12.4 Å². The van der Waals surface area contributed by atoms with E-state index in [1.54, 1.807) is 30.6 Å². The Morgan fingerprint density at radius 1 is 1.14 bits per heavy atom. The maximum atomic E-state index is 12.3. The lowest BCUT2D eigenvalue weighted by molar-refractivity contribution is 0.0294. The monoisotopic (exact) mass is 299 g/mol. The number of nitrogens with one attached hydrogen (secondary N) is 1. The third-order valence-corrected chi connectivity index (χ3v) is 4.04. The smallest absolute Gasteiger partial charge is 0.251 e. The molecule has 0 aromatic carbocycles. The number of aromatic nitrogens is 2. The van der Waals surface area contributed by atoms with Crippen LogP contribution in [0, 0.1) is 0 Å². The number of rotatable bonds is 3. The van der Waals surface area contributed by atoms with Gasteiger partial charge in [0.05, 0.1) is 12.1 Å². The van der Waals surface area contributed by atoms with Crippen molar-refractivity contribution in [3.63, 3.8) is 0 Å². The van der Waals surface area contributed by atoms with Gasteiger partial charge in [-0.3, -0.25) is 14.8 Å². The summed E-state index contributed by atoms with van der Waals surface area (Å²) in [5.41, 5.74) is 1.35. The Hall–Kier alpha value is -2.31. The van der Waals surface area contributed by atoms with Gasteiger partial charge in [0.2, 0.25) is 0 Å². The van der Waals surface area contributed by atoms with Crippen molar-refractivity contribution in [3.05, 3.63) is 60.2 Å². The Morgan fingerprint density at radius 2 is 1.91 bits per heavy atom. The summed E-state index contributed by atoms with van der Waals surface area (Å²) in [4.78, 5) is 20.2.